The normalized spacial score (nSPS) is 26.7. The Morgan fingerprint density at radius 3 is 2.74 bits per heavy atom. The van der Waals surface area contributed by atoms with Crippen LogP contribution in [0.5, 0.6) is 5.75 Å². The molecular weight excluding hydrogens is 462 g/mol. The largest absolute Gasteiger partial charge is 0.503 e. The van der Waals surface area contributed by atoms with Crippen molar-refractivity contribution in [2.24, 2.45) is 5.92 Å². The summed E-state index contributed by atoms with van der Waals surface area (Å²) in [6.07, 6.45) is -0.866. The van der Waals surface area contributed by atoms with E-state index in [0.29, 0.717) is 6.07 Å². The fourth-order valence-electron chi connectivity index (χ4n) is 4.88. The number of nitrogens with one attached hydrogen (secondary N) is 1. The Kier molecular flexibility index (Phi) is 4.97. The lowest BCUT2D eigenvalue weighted by Gasteiger charge is -2.44. The van der Waals surface area contributed by atoms with E-state index in [4.69, 9.17) is 4.74 Å². The van der Waals surface area contributed by atoms with Gasteiger partial charge in [-0.05, 0) is 6.07 Å². The summed E-state index contributed by atoms with van der Waals surface area (Å²) in [5, 5.41) is 12.8. The number of benzene rings is 1. The molecule has 3 aliphatic rings. The van der Waals surface area contributed by atoms with E-state index in [1.54, 1.807) is 0 Å². The number of amides is 2. The average Bonchev–Trinajstić information content (AvgIpc) is 2.95. The van der Waals surface area contributed by atoms with Crippen LogP contribution < -0.4 is 10.7 Å². The van der Waals surface area contributed by atoms with Crippen molar-refractivity contribution < 1.29 is 37.0 Å². The lowest BCUT2D eigenvalue weighted by Crippen LogP contribution is -2.60. The summed E-state index contributed by atoms with van der Waals surface area (Å²) in [6.45, 7) is 0.784. The van der Waals surface area contributed by atoms with Crippen molar-refractivity contribution in [1.29, 1.82) is 0 Å². The van der Waals surface area contributed by atoms with Gasteiger partial charge in [-0.1, -0.05) is 13.0 Å². The van der Waals surface area contributed by atoms with Gasteiger partial charge < -0.3 is 24.6 Å². The van der Waals surface area contributed by atoms with Crippen LogP contribution in [0.3, 0.4) is 0 Å². The first-order chi connectivity index (χ1) is 16.0. The molecule has 1 saturated carbocycles. The van der Waals surface area contributed by atoms with Gasteiger partial charge in [-0.25, -0.2) is 17.6 Å². The predicted octanol–water partition coefficient (Wildman–Crippen LogP) is 1.99. The number of hydrogen-bond donors (Lipinski definition) is 2. The fourth-order valence-corrected chi connectivity index (χ4v) is 4.88. The standard InChI is InChI=1S/C22H19F4N3O5/c1-9-14-5-15(22(9,25)26)29-16(34-14)8-28-7-12(18(30)19(31)17(28)21(29)33)20(32)27-6-10-2-3-11(23)4-13(10)24/h2-4,7,9,14-16,31H,5-6,8H2,1H3,(H,27,32). The van der Waals surface area contributed by atoms with E-state index in [1.807, 2.05) is 0 Å². The number of hydrogen-bond acceptors (Lipinski definition) is 5. The van der Waals surface area contributed by atoms with Crippen molar-refractivity contribution in [3.8, 4) is 5.75 Å². The Balaban J connectivity index is 1.45. The first-order valence-corrected chi connectivity index (χ1v) is 10.5. The topological polar surface area (TPSA) is 101 Å². The Morgan fingerprint density at radius 1 is 1.29 bits per heavy atom. The van der Waals surface area contributed by atoms with Crippen molar-refractivity contribution >= 4 is 11.8 Å². The minimum atomic E-state index is -3.21. The molecule has 4 atom stereocenters. The van der Waals surface area contributed by atoms with Gasteiger partial charge in [0.05, 0.1) is 12.6 Å². The summed E-state index contributed by atoms with van der Waals surface area (Å²) < 4.78 is 63.2. The number of rotatable bonds is 3. The molecule has 2 bridgehead atoms. The monoisotopic (exact) mass is 481 g/mol. The molecule has 3 heterocycles. The van der Waals surface area contributed by atoms with Gasteiger partial charge >= 0.3 is 0 Å². The van der Waals surface area contributed by atoms with Gasteiger partial charge in [-0.3, -0.25) is 14.4 Å². The molecule has 0 spiro atoms. The number of carbonyl (C=O) groups excluding carboxylic acids is 2. The number of aromatic nitrogens is 1. The fraction of sp³-hybridized carbons (Fsp3) is 0.409. The first kappa shape index (κ1) is 22.4. The Labute approximate surface area is 189 Å². The molecule has 0 radical (unpaired) electrons. The smallest absolute Gasteiger partial charge is 0.277 e. The number of ether oxygens (including phenoxy) is 1. The summed E-state index contributed by atoms with van der Waals surface area (Å²) >= 11 is 0. The van der Waals surface area contributed by atoms with Gasteiger partial charge in [0.1, 0.15) is 23.2 Å². The van der Waals surface area contributed by atoms with Gasteiger partial charge in [0.15, 0.2) is 17.7 Å². The van der Waals surface area contributed by atoms with Gasteiger partial charge in [0, 0.05) is 36.7 Å². The average molecular weight is 481 g/mol. The van der Waals surface area contributed by atoms with Crippen molar-refractivity contribution in [1.82, 2.24) is 14.8 Å². The Bertz CT molecular complexity index is 1280. The molecule has 2 aromatic rings. The summed E-state index contributed by atoms with van der Waals surface area (Å²) in [7, 11) is 0. The summed E-state index contributed by atoms with van der Waals surface area (Å²) in [5.74, 6) is -9.05. The van der Waals surface area contributed by atoms with Crippen LogP contribution in [0.25, 0.3) is 0 Å². The lowest BCUT2D eigenvalue weighted by atomic mass is 10.0. The molecule has 1 saturated heterocycles. The van der Waals surface area contributed by atoms with E-state index in [-0.39, 0.29) is 25.1 Å². The van der Waals surface area contributed by atoms with Crippen molar-refractivity contribution in [3.05, 3.63) is 63.1 Å². The maximum absolute atomic E-state index is 14.7. The van der Waals surface area contributed by atoms with Crippen LogP contribution in [0, 0.1) is 17.6 Å². The highest BCUT2D eigenvalue weighted by Crippen LogP contribution is 2.50. The molecule has 5 rings (SSSR count). The molecular formula is C22H19F4N3O5. The number of alkyl halides is 2. The second kappa shape index (κ2) is 7.55. The third kappa shape index (κ3) is 3.19. The number of halogens is 4. The lowest BCUT2D eigenvalue weighted by molar-refractivity contribution is -0.145. The summed E-state index contributed by atoms with van der Waals surface area (Å²) in [4.78, 5) is 39.2. The number of fused-ring (bicyclic) bond motifs is 5. The van der Waals surface area contributed by atoms with Crippen LogP contribution >= 0.6 is 0 Å². The summed E-state index contributed by atoms with van der Waals surface area (Å²) in [6, 6.07) is 1.33. The van der Waals surface area contributed by atoms with Gasteiger partial charge in [0.25, 0.3) is 17.7 Å². The van der Waals surface area contributed by atoms with Crippen LogP contribution in [0.1, 0.15) is 39.8 Å². The van der Waals surface area contributed by atoms with Gasteiger partial charge in [-0.15, -0.1) is 0 Å². The third-order valence-corrected chi connectivity index (χ3v) is 6.79. The first-order valence-electron chi connectivity index (χ1n) is 10.5. The third-order valence-electron chi connectivity index (χ3n) is 6.79. The number of carbonyl (C=O) groups is 2. The molecule has 2 N–H and O–H groups in total. The van der Waals surface area contributed by atoms with Crippen molar-refractivity contribution in [2.75, 3.05) is 0 Å². The summed E-state index contributed by atoms with van der Waals surface area (Å²) in [5.41, 5.74) is -2.27. The molecule has 2 fully saturated rings. The highest BCUT2D eigenvalue weighted by Gasteiger charge is 2.64. The maximum Gasteiger partial charge on any atom is 0.277 e. The van der Waals surface area contributed by atoms with Crippen molar-refractivity contribution in [2.45, 2.75) is 50.7 Å². The second-order valence-corrected chi connectivity index (χ2v) is 8.70. The van der Waals surface area contributed by atoms with Crippen LogP contribution in [-0.4, -0.2) is 50.7 Å². The van der Waals surface area contributed by atoms with E-state index in [0.717, 1.165) is 27.8 Å². The van der Waals surface area contributed by atoms with Crippen LogP contribution in [0.2, 0.25) is 0 Å². The van der Waals surface area contributed by atoms with Crippen LogP contribution in [-0.2, 0) is 17.8 Å². The molecule has 34 heavy (non-hydrogen) atoms. The van der Waals surface area contributed by atoms with E-state index in [9.17, 15) is 37.1 Å². The molecule has 8 nitrogen and oxygen atoms in total. The maximum atomic E-state index is 14.7. The zero-order chi connectivity index (χ0) is 24.5. The molecule has 1 aromatic heterocycles. The number of aromatic hydroxyl groups is 1. The van der Waals surface area contributed by atoms with E-state index >= 15 is 0 Å². The molecule has 2 amide bonds. The van der Waals surface area contributed by atoms with Crippen LogP contribution in [0.15, 0.2) is 29.2 Å². The minimum absolute atomic E-state index is 0.0380. The molecule has 1 aliphatic carbocycles. The van der Waals surface area contributed by atoms with E-state index < -0.39 is 76.1 Å². The highest BCUT2D eigenvalue weighted by molar-refractivity contribution is 5.99. The van der Waals surface area contributed by atoms with Gasteiger partial charge in [0.2, 0.25) is 5.43 Å². The zero-order valence-corrected chi connectivity index (χ0v) is 17.7. The van der Waals surface area contributed by atoms with Crippen LogP contribution in [0.4, 0.5) is 17.6 Å². The van der Waals surface area contributed by atoms with Gasteiger partial charge in [-0.2, -0.15) is 0 Å². The molecule has 4 unspecified atom stereocenters. The SMILES string of the molecule is CC1C2CC(N3C(=O)c4c(O)c(=O)c(C(=O)NCc5ccc(F)cc5F)cn4CC3O2)C1(F)F. The van der Waals surface area contributed by atoms with Crippen molar-refractivity contribution in [3.63, 3.8) is 0 Å². The predicted molar refractivity (Wildman–Crippen MR) is 107 cm³/mol. The van der Waals surface area contributed by atoms with E-state index in [2.05, 4.69) is 5.32 Å². The molecule has 180 valence electrons. The quantitative estimate of drug-likeness (QED) is 0.654. The minimum Gasteiger partial charge on any atom is -0.503 e. The Hall–Kier alpha value is -3.41. The number of nitrogens with zero attached hydrogens (tertiary/aromatic N) is 2. The molecule has 2 aliphatic heterocycles. The second-order valence-electron chi connectivity index (χ2n) is 8.70. The van der Waals surface area contributed by atoms with E-state index in [1.165, 1.54) is 6.92 Å². The zero-order valence-electron chi connectivity index (χ0n) is 17.7. The molecule has 12 heteroatoms. The number of pyridine rings is 1. The molecule has 1 aromatic carbocycles. The Morgan fingerprint density at radius 2 is 2.03 bits per heavy atom. The highest BCUT2D eigenvalue weighted by atomic mass is 19.3.